The molecule has 5 heteroatoms. The zero-order valence-electron chi connectivity index (χ0n) is 15.5. The Morgan fingerprint density at radius 2 is 1.78 bits per heavy atom. The van der Waals surface area contributed by atoms with Crippen molar-refractivity contribution >= 4 is 23.6 Å². The smallest absolute Gasteiger partial charge is 0.340 e. The van der Waals surface area contributed by atoms with Crippen LogP contribution in [-0.4, -0.2) is 18.5 Å². The number of carbonyl (C=O) groups excluding carboxylic acids is 2. The molecular weight excluding hydrogens is 345 g/mol. The first-order valence-electron chi connectivity index (χ1n) is 8.69. The van der Waals surface area contributed by atoms with E-state index >= 15 is 0 Å². The van der Waals surface area contributed by atoms with Crippen LogP contribution in [0.2, 0.25) is 0 Å². The van der Waals surface area contributed by atoms with Crippen LogP contribution < -0.4 is 4.90 Å². The van der Waals surface area contributed by atoms with Gasteiger partial charge in [0.25, 0.3) is 5.91 Å². The standard InChI is InChI=1S/C22H20FNO3/c1-4-27-22(26)20-15(3)24(17-11-9-14(2)10-12-17)21(25)18(20)13-16-7-5-6-8-19(16)23/h5-13H,4H2,1-3H3/b18-13+. The number of carbonyl (C=O) groups is 2. The van der Waals surface area contributed by atoms with Crippen LogP contribution in [0.15, 0.2) is 65.4 Å². The van der Waals surface area contributed by atoms with Gasteiger partial charge >= 0.3 is 5.97 Å². The van der Waals surface area contributed by atoms with Crippen molar-refractivity contribution in [1.29, 1.82) is 0 Å². The number of anilines is 1. The van der Waals surface area contributed by atoms with Crippen molar-refractivity contribution < 1.29 is 18.7 Å². The molecule has 2 aromatic rings. The van der Waals surface area contributed by atoms with Crippen molar-refractivity contribution in [3.05, 3.63) is 82.3 Å². The number of nitrogens with zero attached hydrogens (tertiary/aromatic N) is 1. The predicted molar refractivity (Wildman–Crippen MR) is 102 cm³/mol. The summed E-state index contributed by atoms with van der Waals surface area (Å²) in [6.45, 7) is 5.52. The van der Waals surface area contributed by atoms with Crippen LogP contribution in [0, 0.1) is 12.7 Å². The Balaban J connectivity index is 2.14. The van der Waals surface area contributed by atoms with Gasteiger partial charge in [-0.1, -0.05) is 35.9 Å². The molecule has 1 aliphatic heterocycles. The third-order valence-electron chi connectivity index (χ3n) is 4.38. The van der Waals surface area contributed by atoms with E-state index in [1.807, 2.05) is 31.2 Å². The van der Waals surface area contributed by atoms with E-state index in [1.54, 1.807) is 32.0 Å². The Bertz CT molecular complexity index is 958. The van der Waals surface area contributed by atoms with E-state index in [9.17, 15) is 14.0 Å². The maximum absolute atomic E-state index is 14.1. The van der Waals surface area contributed by atoms with Gasteiger partial charge in [-0.05, 0) is 45.0 Å². The van der Waals surface area contributed by atoms with Gasteiger partial charge in [-0.25, -0.2) is 9.18 Å². The minimum Gasteiger partial charge on any atom is -0.462 e. The van der Waals surface area contributed by atoms with Crippen molar-refractivity contribution in [2.75, 3.05) is 11.5 Å². The Kier molecular flexibility index (Phi) is 5.21. The Morgan fingerprint density at radius 3 is 2.41 bits per heavy atom. The first-order valence-corrected chi connectivity index (χ1v) is 8.69. The molecule has 0 N–H and O–H groups in total. The second kappa shape index (κ2) is 7.58. The fourth-order valence-corrected chi connectivity index (χ4v) is 3.03. The van der Waals surface area contributed by atoms with Gasteiger partial charge in [0, 0.05) is 16.9 Å². The Labute approximate surface area is 157 Å². The molecule has 0 unspecified atom stereocenters. The molecule has 138 valence electrons. The number of hydrogen-bond donors (Lipinski definition) is 0. The number of halogens is 1. The molecule has 0 bridgehead atoms. The van der Waals surface area contributed by atoms with Crippen molar-refractivity contribution in [2.45, 2.75) is 20.8 Å². The molecule has 1 aliphatic rings. The second-order valence-electron chi connectivity index (χ2n) is 6.24. The number of hydrogen-bond acceptors (Lipinski definition) is 3. The molecule has 4 nitrogen and oxygen atoms in total. The fraction of sp³-hybridized carbons (Fsp3) is 0.182. The summed E-state index contributed by atoms with van der Waals surface area (Å²) in [5.74, 6) is -1.45. The van der Waals surface area contributed by atoms with Crippen molar-refractivity contribution in [3.8, 4) is 0 Å². The lowest BCUT2D eigenvalue weighted by atomic mass is 10.0. The highest BCUT2D eigenvalue weighted by Crippen LogP contribution is 2.35. The van der Waals surface area contributed by atoms with Crippen molar-refractivity contribution in [1.82, 2.24) is 0 Å². The van der Waals surface area contributed by atoms with Gasteiger partial charge in [0.15, 0.2) is 0 Å². The van der Waals surface area contributed by atoms with Gasteiger partial charge in [0.05, 0.1) is 17.8 Å². The molecule has 1 heterocycles. The highest BCUT2D eigenvalue weighted by Gasteiger charge is 2.38. The van der Waals surface area contributed by atoms with Gasteiger partial charge in [-0.2, -0.15) is 0 Å². The van der Waals surface area contributed by atoms with Crippen LogP contribution in [-0.2, 0) is 14.3 Å². The van der Waals surface area contributed by atoms with Gasteiger partial charge < -0.3 is 4.74 Å². The third-order valence-corrected chi connectivity index (χ3v) is 4.38. The summed E-state index contributed by atoms with van der Waals surface area (Å²) < 4.78 is 19.2. The molecule has 0 saturated carbocycles. The maximum atomic E-state index is 14.1. The number of ether oxygens (including phenoxy) is 1. The van der Waals surface area contributed by atoms with Gasteiger partial charge in [0.1, 0.15) is 5.82 Å². The molecule has 27 heavy (non-hydrogen) atoms. The van der Waals surface area contributed by atoms with E-state index in [0.717, 1.165) is 5.56 Å². The summed E-state index contributed by atoms with van der Waals surface area (Å²) in [5, 5.41) is 0. The van der Waals surface area contributed by atoms with E-state index in [2.05, 4.69) is 0 Å². The topological polar surface area (TPSA) is 46.6 Å². The number of allylic oxidation sites excluding steroid dienone is 1. The number of benzene rings is 2. The zero-order chi connectivity index (χ0) is 19.6. The summed E-state index contributed by atoms with van der Waals surface area (Å²) in [4.78, 5) is 27.1. The second-order valence-corrected chi connectivity index (χ2v) is 6.24. The first-order chi connectivity index (χ1) is 12.9. The molecule has 0 radical (unpaired) electrons. The first kappa shape index (κ1) is 18.6. The van der Waals surface area contributed by atoms with Crippen molar-refractivity contribution in [2.24, 2.45) is 0 Å². The molecule has 0 aliphatic carbocycles. The predicted octanol–water partition coefficient (Wildman–Crippen LogP) is 4.40. The number of esters is 1. The summed E-state index contributed by atoms with van der Waals surface area (Å²) in [6.07, 6.45) is 1.40. The summed E-state index contributed by atoms with van der Waals surface area (Å²) in [6, 6.07) is 13.5. The van der Waals surface area contributed by atoms with Gasteiger partial charge in [-0.15, -0.1) is 0 Å². The summed E-state index contributed by atoms with van der Waals surface area (Å²) in [7, 11) is 0. The fourth-order valence-electron chi connectivity index (χ4n) is 3.03. The average Bonchev–Trinajstić information content (AvgIpc) is 2.88. The minimum atomic E-state index is -0.597. The van der Waals surface area contributed by atoms with Crippen LogP contribution in [0.3, 0.4) is 0 Å². The van der Waals surface area contributed by atoms with Gasteiger partial charge in [-0.3, -0.25) is 9.69 Å². The zero-order valence-corrected chi connectivity index (χ0v) is 15.5. The Hall–Kier alpha value is -3.21. The molecule has 0 atom stereocenters. The molecule has 1 amide bonds. The lowest BCUT2D eigenvalue weighted by Gasteiger charge is -2.18. The molecule has 0 saturated heterocycles. The monoisotopic (exact) mass is 365 g/mol. The van der Waals surface area contributed by atoms with Crippen LogP contribution in [0.25, 0.3) is 6.08 Å². The molecular formula is C22H20FNO3. The average molecular weight is 365 g/mol. The van der Waals surface area contributed by atoms with Gasteiger partial charge in [0.2, 0.25) is 0 Å². The third kappa shape index (κ3) is 3.53. The van der Waals surface area contributed by atoms with E-state index in [1.165, 1.54) is 17.0 Å². The van der Waals surface area contributed by atoms with Crippen LogP contribution >= 0.6 is 0 Å². The molecule has 0 aromatic heterocycles. The van der Waals surface area contributed by atoms with Crippen molar-refractivity contribution in [3.63, 3.8) is 0 Å². The van der Waals surface area contributed by atoms with Crippen LogP contribution in [0.4, 0.5) is 10.1 Å². The van der Waals surface area contributed by atoms with E-state index in [-0.39, 0.29) is 29.2 Å². The van der Waals surface area contributed by atoms with E-state index in [0.29, 0.717) is 11.4 Å². The lowest BCUT2D eigenvalue weighted by molar-refractivity contribution is -0.138. The van der Waals surface area contributed by atoms with Crippen LogP contribution in [0.1, 0.15) is 25.0 Å². The molecule has 2 aromatic carbocycles. The minimum absolute atomic E-state index is 0.122. The van der Waals surface area contributed by atoms with E-state index in [4.69, 9.17) is 4.74 Å². The largest absolute Gasteiger partial charge is 0.462 e. The summed E-state index contributed by atoms with van der Waals surface area (Å²) >= 11 is 0. The van der Waals surface area contributed by atoms with E-state index < -0.39 is 11.8 Å². The number of aryl methyl sites for hydroxylation is 1. The highest BCUT2D eigenvalue weighted by molar-refractivity contribution is 6.23. The summed E-state index contributed by atoms with van der Waals surface area (Å²) in [5.41, 5.74) is 2.68. The highest BCUT2D eigenvalue weighted by atomic mass is 19.1. The number of amides is 1. The molecule has 3 rings (SSSR count). The lowest BCUT2D eigenvalue weighted by Crippen LogP contribution is -2.24. The quantitative estimate of drug-likeness (QED) is 0.596. The molecule has 0 spiro atoms. The van der Waals surface area contributed by atoms with Crippen LogP contribution in [0.5, 0.6) is 0 Å². The number of rotatable bonds is 4. The Morgan fingerprint density at radius 1 is 1.11 bits per heavy atom. The maximum Gasteiger partial charge on any atom is 0.340 e. The molecule has 0 fully saturated rings. The normalized spacial score (nSPS) is 15.6. The SMILES string of the molecule is CCOC(=O)C1=C(C)N(c2ccc(C)cc2)C(=O)/C1=C/c1ccccc1F.